The summed E-state index contributed by atoms with van der Waals surface area (Å²) >= 11 is 9.44. The Bertz CT molecular complexity index is 674. The first kappa shape index (κ1) is 17.7. The van der Waals surface area contributed by atoms with Gasteiger partial charge in [-0.3, -0.25) is 0 Å². The zero-order chi connectivity index (χ0) is 16.8. The lowest BCUT2D eigenvalue weighted by Gasteiger charge is -2.23. The molecule has 1 aliphatic rings. The van der Waals surface area contributed by atoms with Crippen LogP contribution in [0, 0.1) is 0 Å². The summed E-state index contributed by atoms with van der Waals surface area (Å²) in [6, 6.07) is 14.7. The van der Waals surface area contributed by atoms with Crippen LogP contribution in [-0.4, -0.2) is 19.1 Å². The molecule has 128 valence electrons. The van der Waals surface area contributed by atoms with Crippen molar-refractivity contribution in [3.63, 3.8) is 0 Å². The van der Waals surface area contributed by atoms with Gasteiger partial charge in [0.25, 0.3) is 0 Å². The minimum atomic E-state index is 0.543. The Morgan fingerprint density at radius 2 is 1.92 bits per heavy atom. The molecule has 2 N–H and O–H groups in total. The summed E-state index contributed by atoms with van der Waals surface area (Å²) in [5.74, 6) is 0.803. The third-order valence-electron chi connectivity index (χ3n) is 4.21. The van der Waals surface area contributed by atoms with Crippen LogP contribution in [0.4, 0.5) is 0 Å². The van der Waals surface area contributed by atoms with Gasteiger partial charge in [0.05, 0.1) is 4.47 Å². The number of halogens is 2. The van der Waals surface area contributed by atoms with E-state index in [0.29, 0.717) is 17.7 Å². The number of hydrogen-bond donors (Lipinski definition) is 2. The number of ether oxygens (including phenoxy) is 1. The first-order valence-electron chi connectivity index (χ1n) is 8.30. The van der Waals surface area contributed by atoms with E-state index in [-0.39, 0.29) is 0 Å². The number of rotatable bonds is 6. The van der Waals surface area contributed by atoms with E-state index in [4.69, 9.17) is 16.3 Å². The first-order valence-corrected chi connectivity index (χ1v) is 9.47. The molecule has 0 aromatic heterocycles. The molecule has 3 rings (SSSR count). The van der Waals surface area contributed by atoms with E-state index in [2.05, 4.69) is 50.8 Å². The maximum atomic E-state index is 5.96. The van der Waals surface area contributed by atoms with Gasteiger partial charge in [-0.1, -0.05) is 35.9 Å². The number of piperidine rings is 1. The predicted molar refractivity (Wildman–Crippen MR) is 103 cm³/mol. The minimum Gasteiger partial charge on any atom is -0.488 e. The summed E-state index contributed by atoms with van der Waals surface area (Å²) in [5.41, 5.74) is 2.46. The van der Waals surface area contributed by atoms with E-state index in [1.54, 1.807) is 0 Å². The number of nitrogens with one attached hydrogen (secondary N) is 2. The highest BCUT2D eigenvalue weighted by molar-refractivity contribution is 9.10. The van der Waals surface area contributed by atoms with E-state index < -0.39 is 0 Å². The molecule has 0 radical (unpaired) electrons. The van der Waals surface area contributed by atoms with Crippen LogP contribution >= 0.6 is 27.5 Å². The molecule has 0 saturated carbocycles. The molecule has 1 heterocycles. The topological polar surface area (TPSA) is 33.3 Å². The quantitative estimate of drug-likeness (QED) is 0.736. The van der Waals surface area contributed by atoms with Gasteiger partial charge < -0.3 is 15.4 Å². The van der Waals surface area contributed by atoms with Gasteiger partial charge in [-0.05, 0) is 71.2 Å². The van der Waals surface area contributed by atoms with Crippen molar-refractivity contribution in [1.82, 2.24) is 10.6 Å². The van der Waals surface area contributed by atoms with Crippen molar-refractivity contribution in [1.29, 1.82) is 0 Å². The molecule has 24 heavy (non-hydrogen) atoms. The monoisotopic (exact) mass is 408 g/mol. The van der Waals surface area contributed by atoms with Crippen molar-refractivity contribution in [3.8, 4) is 5.75 Å². The van der Waals surface area contributed by atoms with Gasteiger partial charge in [-0.25, -0.2) is 0 Å². The summed E-state index contributed by atoms with van der Waals surface area (Å²) in [7, 11) is 0. The highest BCUT2D eigenvalue weighted by Gasteiger charge is 2.11. The summed E-state index contributed by atoms with van der Waals surface area (Å²) in [6.07, 6.45) is 2.40. The van der Waals surface area contributed by atoms with Crippen LogP contribution in [0.25, 0.3) is 0 Å². The van der Waals surface area contributed by atoms with Gasteiger partial charge in [0, 0.05) is 17.6 Å². The van der Waals surface area contributed by atoms with Crippen LogP contribution in [-0.2, 0) is 13.2 Å². The Kier molecular flexibility index (Phi) is 6.55. The highest BCUT2D eigenvalue weighted by Crippen LogP contribution is 2.28. The molecule has 2 aromatic rings. The third kappa shape index (κ3) is 5.21. The van der Waals surface area contributed by atoms with Gasteiger partial charge in [-0.2, -0.15) is 0 Å². The zero-order valence-corrected chi connectivity index (χ0v) is 15.9. The Morgan fingerprint density at radius 1 is 1.12 bits per heavy atom. The fourth-order valence-electron chi connectivity index (χ4n) is 2.87. The molecule has 1 fully saturated rings. The van der Waals surface area contributed by atoms with Crippen LogP contribution in [0.1, 0.15) is 24.0 Å². The van der Waals surface area contributed by atoms with Crippen LogP contribution in [0.3, 0.4) is 0 Å². The largest absolute Gasteiger partial charge is 0.488 e. The Labute approximate surface area is 156 Å². The van der Waals surface area contributed by atoms with Crippen molar-refractivity contribution in [2.24, 2.45) is 0 Å². The third-order valence-corrected chi connectivity index (χ3v) is 5.07. The summed E-state index contributed by atoms with van der Waals surface area (Å²) in [6.45, 7) is 3.67. The maximum Gasteiger partial charge on any atom is 0.134 e. The Hall–Kier alpha value is -1.07. The molecule has 2 aromatic carbocycles. The number of hydrogen-bond acceptors (Lipinski definition) is 3. The van der Waals surface area contributed by atoms with Gasteiger partial charge in [0.2, 0.25) is 0 Å². The Balaban J connectivity index is 1.54. The fraction of sp³-hybridized carbons (Fsp3) is 0.368. The van der Waals surface area contributed by atoms with Crippen LogP contribution in [0.15, 0.2) is 46.9 Å². The molecule has 3 nitrogen and oxygen atoms in total. The van der Waals surface area contributed by atoms with Gasteiger partial charge in [0.15, 0.2) is 0 Å². The molecule has 0 unspecified atom stereocenters. The van der Waals surface area contributed by atoms with Crippen molar-refractivity contribution < 1.29 is 4.74 Å². The van der Waals surface area contributed by atoms with Gasteiger partial charge in [-0.15, -0.1) is 0 Å². The molecule has 0 bridgehead atoms. The number of benzene rings is 2. The van der Waals surface area contributed by atoms with Crippen LogP contribution < -0.4 is 15.4 Å². The zero-order valence-electron chi connectivity index (χ0n) is 13.5. The minimum absolute atomic E-state index is 0.543. The first-order chi connectivity index (χ1) is 11.7. The molecule has 0 atom stereocenters. The highest BCUT2D eigenvalue weighted by atomic mass is 79.9. The smallest absolute Gasteiger partial charge is 0.134 e. The van der Waals surface area contributed by atoms with E-state index in [0.717, 1.165) is 29.9 Å². The van der Waals surface area contributed by atoms with E-state index >= 15 is 0 Å². The molecule has 1 saturated heterocycles. The van der Waals surface area contributed by atoms with Crippen molar-refractivity contribution in [2.75, 3.05) is 13.1 Å². The maximum absolute atomic E-state index is 5.96. The molecule has 0 amide bonds. The lowest BCUT2D eigenvalue weighted by atomic mass is 10.1. The predicted octanol–water partition coefficient (Wildman–Crippen LogP) is 4.52. The molecule has 5 heteroatoms. The Morgan fingerprint density at radius 3 is 2.71 bits per heavy atom. The van der Waals surface area contributed by atoms with Crippen LogP contribution in [0.5, 0.6) is 5.75 Å². The summed E-state index contributed by atoms with van der Waals surface area (Å²) in [4.78, 5) is 0. The van der Waals surface area contributed by atoms with Crippen molar-refractivity contribution in [2.45, 2.75) is 32.0 Å². The van der Waals surface area contributed by atoms with E-state index in [1.165, 1.54) is 24.0 Å². The van der Waals surface area contributed by atoms with E-state index in [9.17, 15) is 0 Å². The molecule has 0 spiro atoms. The SMILES string of the molecule is Clc1ccc(OCc2cccc(CNC3CCNCC3)c2)c(Br)c1. The average molecular weight is 410 g/mol. The van der Waals surface area contributed by atoms with Crippen LogP contribution in [0.2, 0.25) is 5.02 Å². The lowest BCUT2D eigenvalue weighted by Crippen LogP contribution is -2.39. The second kappa shape index (κ2) is 8.86. The van der Waals surface area contributed by atoms with Crippen molar-refractivity contribution >= 4 is 27.5 Å². The lowest BCUT2D eigenvalue weighted by molar-refractivity contribution is 0.304. The van der Waals surface area contributed by atoms with E-state index in [1.807, 2.05) is 18.2 Å². The van der Waals surface area contributed by atoms with Gasteiger partial charge in [0.1, 0.15) is 12.4 Å². The van der Waals surface area contributed by atoms with Gasteiger partial charge >= 0.3 is 0 Å². The molecule has 0 aliphatic carbocycles. The molecular formula is C19H22BrClN2O. The summed E-state index contributed by atoms with van der Waals surface area (Å²) in [5, 5.41) is 7.74. The molecule has 1 aliphatic heterocycles. The summed E-state index contributed by atoms with van der Waals surface area (Å²) < 4.78 is 6.77. The second-order valence-electron chi connectivity index (χ2n) is 6.09. The standard InChI is InChI=1S/C19H22BrClN2O/c20-18-11-16(21)4-5-19(18)24-13-15-3-1-2-14(10-15)12-23-17-6-8-22-9-7-17/h1-5,10-11,17,22-23H,6-9,12-13H2. The molecular weight excluding hydrogens is 388 g/mol. The second-order valence-corrected chi connectivity index (χ2v) is 7.38. The van der Waals surface area contributed by atoms with Crippen molar-refractivity contribution in [3.05, 3.63) is 63.1 Å². The normalized spacial score (nSPS) is 15.4. The fourth-order valence-corrected chi connectivity index (χ4v) is 3.67. The average Bonchev–Trinajstić information content (AvgIpc) is 2.60.